The maximum atomic E-state index is 13.2. The summed E-state index contributed by atoms with van der Waals surface area (Å²) in [6.07, 6.45) is 7.93. The van der Waals surface area contributed by atoms with Gasteiger partial charge in [-0.25, -0.2) is 9.78 Å². The summed E-state index contributed by atoms with van der Waals surface area (Å²) < 4.78 is 6.10. The highest BCUT2D eigenvalue weighted by Gasteiger charge is 2.24. The summed E-state index contributed by atoms with van der Waals surface area (Å²) in [5, 5.41) is 5.11. The molecule has 39 heavy (non-hydrogen) atoms. The van der Waals surface area contributed by atoms with Gasteiger partial charge in [0.2, 0.25) is 11.8 Å². The number of para-hydroxylation sites is 1. The van der Waals surface area contributed by atoms with Gasteiger partial charge < -0.3 is 29.8 Å². The van der Waals surface area contributed by atoms with Crippen molar-refractivity contribution in [2.75, 3.05) is 26.5 Å². The number of ether oxygens (including phenoxy) is 1. The lowest BCUT2D eigenvalue weighted by atomic mass is 10.1. The fourth-order valence-corrected chi connectivity index (χ4v) is 4.22. The predicted octanol–water partition coefficient (Wildman–Crippen LogP) is 2.81. The molecule has 3 N–H and O–H groups in total. The van der Waals surface area contributed by atoms with Crippen molar-refractivity contribution < 1.29 is 19.1 Å². The van der Waals surface area contributed by atoms with Crippen molar-refractivity contribution in [3.05, 3.63) is 70.4 Å². The van der Waals surface area contributed by atoms with Gasteiger partial charge in [-0.15, -0.1) is 0 Å². The van der Waals surface area contributed by atoms with E-state index in [1.165, 1.54) is 47.1 Å². The Balaban J connectivity index is 1.46. The van der Waals surface area contributed by atoms with Crippen LogP contribution in [0.3, 0.4) is 0 Å². The Hall–Kier alpha value is -4.41. The van der Waals surface area contributed by atoms with E-state index in [9.17, 15) is 19.2 Å². The van der Waals surface area contributed by atoms with Gasteiger partial charge in [-0.1, -0.05) is 18.2 Å². The van der Waals surface area contributed by atoms with Gasteiger partial charge >= 0.3 is 6.09 Å². The molecule has 0 radical (unpaired) electrons. The number of alkyl carbamates (subject to hydrolysis) is 1. The van der Waals surface area contributed by atoms with Gasteiger partial charge in [0.25, 0.3) is 5.56 Å². The van der Waals surface area contributed by atoms with Crippen molar-refractivity contribution in [2.24, 2.45) is 5.92 Å². The lowest BCUT2D eigenvalue weighted by Crippen LogP contribution is -2.44. The van der Waals surface area contributed by atoms with Crippen LogP contribution in [0.15, 0.2) is 53.5 Å². The van der Waals surface area contributed by atoms with E-state index in [0.29, 0.717) is 12.2 Å². The number of aromatic nitrogens is 3. The van der Waals surface area contributed by atoms with Gasteiger partial charge in [-0.05, 0) is 67.9 Å². The number of rotatable bonds is 11. The summed E-state index contributed by atoms with van der Waals surface area (Å²) in [6.45, 7) is 0.203. The van der Waals surface area contributed by atoms with Gasteiger partial charge in [0.15, 0.2) is 0 Å². The van der Waals surface area contributed by atoms with Crippen LogP contribution in [0.4, 0.5) is 10.5 Å². The topological polar surface area (TPSA) is 138 Å². The zero-order valence-electron chi connectivity index (χ0n) is 22.4. The predicted molar refractivity (Wildman–Crippen MR) is 147 cm³/mol. The Kier molecular flexibility index (Phi) is 8.80. The van der Waals surface area contributed by atoms with Crippen LogP contribution in [0.25, 0.3) is 11.0 Å². The molecule has 1 aliphatic rings. The number of benzene rings is 1. The SMILES string of the molecule is COC(=O)NC(CC/C=C/C(=O)N(C)C)C(=O)Nc1cccn(Cc2nc3c(CC4CC4)cccc3[nH]2)c1=O. The standard InChI is InChI=1S/C28H34N6O5/c1-33(2)24(35)12-5-4-9-21(31-28(38)39-3)26(36)30-22-11-7-15-34(27(22)37)17-23-29-20-10-6-8-19(25(20)32-23)16-18-13-14-18/h5-8,10-12,15,18,21H,4,9,13-14,16-17H2,1-3H3,(H,29,32)(H,30,36)(H,31,38)/b12-5+. The lowest BCUT2D eigenvalue weighted by Gasteiger charge is -2.17. The number of nitrogens with one attached hydrogen (secondary N) is 3. The number of methoxy groups -OCH3 is 1. The summed E-state index contributed by atoms with van der Waals surface area (Å²) in [5.74, 6) is 0.609. The molecule has 3 aromatic rings. The summed E-state index contributed by atoms with van der Waals surface area (Å²) in [6, 6.07) is 8.28. The molecular weight excluding hydrogens is 500 g/mol. The number of H-pyrrole nitrogens is 1. The summed E-state index contributed by atoms with van der Waals surface area (Å²) in [4.78, 5) is 59.2. The number of amides is 3. The monoisotopic (exact) mass is 534 g/mol. The zero-order chi connectivity index (χ0) is 27.9. The maximum Gasteiger partial charge on any atom is 0.407 e. The van der Waals surface area contributed by atoms with Gasteiger partial charge in [0.05, 0.1) is 24.7 Å². The number of pyridine rings is 1. The fraction of sp³-hybridized carbons (Fsp3) is 0.393. The number of carbonyl (C=O) groups excluding carboxylic acids is 3. The highest BCUT2D eigenvalue weighted by molar-refractivity contribution is 5.96. The van der Waals surface area contributed by atoms with Crippen LogP contribution in [0.2, 0.25) is 0 Å². The van der Waals surface area contributed by atoms with Crippen molar-refractivity contribution in [3.8, 4) is 0 Å². The third-order valence-corrected chi connectivity index (χ3v) is 6.57. The van der Waals surface area contributed by atoms with Crippen molar-refractivity contribution >= 4 is 34.6 Å². The van der Waals surface area contributed by atoms with Crippen LogP contribution >= 0.6 is 0 Å². The number of nitrogens with zero attached hydrogens (tertiary/aromatic N) is 3. The summed E-state index contributed by atoms with van der Waals surface area (Å²) in [5.41, 5.74) is 2.73. The Labute approximate surface area is 226 Å². The largest absolute Gasteiger partial charge is 0.453 e. The number of hydrogen-bond donors (Lipinski definition) is 3. The van der Waals surface area contributed by atoms with Crippen molar-refractivity contribution in [1.82, 2.24) is 24.8 Å². The maximum absolute atomic E-state index is 13.2. The number of aromatic amines is 1. The molecule has 4 rings (SSSR count). The van der Waals surface area contributed by atoms with E-state index in [1.807, 2.05) is 12.1 Å². The quantitative estimate of drug-likeness (QED) is 0.324. The molecule has 1 unspecified atom stereocenters. The van der Waals surface area contributed by atoms with Gasteiger partial charge in [-0.3, -0.25) is 14.4 Å². The molecule has 1 fully saturated rings. The zero-order valence-corrected chi connectivity index (χ0v) is 22.4. The van der Waals surface area contributed by atoms with Crippen molar-refractivity contribution in [2.45, 2.75) is 44.7 Å². The minimum atomic E-state index is -0.982. The van der Waals surface area contributed by atoms with Crippen LogP contribution in [0.1, 0.15) is 37.1 Å². The molecular formula is C28H34N6O5. The molecule has 1 saturated carbocycles. The molecule has 1 atom stereocenters. The van der Waals surface area contributed by atoms with E-state index < -0.39 is 23.6 Å². The second-order valence-electron chi connectivity index (χ2n) is 9.89. The summed E-state index contributed by atoms with van der Waals surface area (Å²) >= 11 is 0. The van der Waals surface area contributed by atoms with Gasteiger partial charge in [0.1, 0.15) is 17.6 Å². The molecule has 11 nitrogen and oxygen atoms in total. The van der Waals surface area contributed by atoms with Crippen LogP contribution < -0.4 is 16.2 Å². The van der Waals surface area contributed by atoms with Crippen molar-refractivity contribution in [3.63, 3.8) is 0 Å². The van der Waals surface area contributed by atoms with E-state index in [2.05, 4.69) is 26.4 Å². The molecule has 0 bridgehead atoms. The number of fused-ring (bicyclic) bond motifs is 1. The first-order valence-corrected chi connectivity index (χ1v) is 12.9. The molecule has 206 valence electrons. The first-order valence-electron chi connectivity index (χ1n) is 12.9. The Morgan fingerprint density at radius 2 is 2.03 bits per heavy atom. The number of imidazole rings is 1. The molecule has 0 spiro atoms. The van der Waals surface area contributed by atoms with Crippen LogP contribution in [-0.2, 0) is 27.3 Å². The molecule has 2 heterocycles. The fourth-order valence-electron chi connectivity index (χ4n) is 4.22. The molecule has 1 aromatic carbocycles. The second kappa shape index (κ2) is 12.4. The molecule has 0 saturated heterocycles. The number of hydrogen-bond acceptors (Lipinski definition) is 6. The minimum Gasteiger partial charge on any atom is -0.453 e. The number of anilines is 1. The van der Waals surface area contributed by atoms with Crippen LogP contribution in [0, 0.1) is 5.92 Å². The first-order chi connectivity index (χ1) is 18.7. The van der Waals surface area contributed by atoms with Gasteiger partial charge in [0, 0.05) is 20.3 Å². The highest BCUT2D eigenvalue weighted by Crippen LogP contribution is 2.34. The van der Waals surface area contributed by atoms with E-state index in [0.717, 1.165) is 23.4 Å². The third-order valence-electron chi connectivity index (χ3n) is 6.57. The Morgan fingerprint density at radius 3 is 2.74 bits per heavy atom. The van der Waals surface area contributed by atoms with Gasteiger partial charge in [-0.2, -0.15) is 0 Å². The van der Waals surface area contributed by atoms with E-state index >= 15 is 0 Å². The van der Waals surface area contributed by atoms with E-state index in [-0.39, 0.29) is 24.6 Å². The number of carbonyl (C=O) groups is 3. The highest BCUT2D eigenvalue weighted by atomic mass is 16.5. The van der Waals surface area contributed by atoms with Crippen LogP contribution in [-0.4, -0.2) is 64.6 Å². The smallest absolute Gasteiger partial charge is 0.407 e. The number of allylic oxidation sites excluding steroid dienone is 1. The molecule has 11 heteroatoms. The average molecular weight is 535 g/mol. The lowest BCUT2D eigenvalue weighted by molar-refractivity contribution is -0.123. The molecule has 0 aliphatic heterocycles. The third kappa shape index (κ3) is 7.34. The van der Waals surface area contributed by atoms with E-state index in [1.54, 1.807) is 32.4 Å². The molecule has 2 aromatic heterocycles. The molecule has 3 amide bonds. The second-order valence-corrected chi connectivity index (χ2v) is 9.89. The number of likely N-dealkylation sites (N-methyl/N-ethyl adjacent to an activating group) is 1. The first kappa shape index (κ1) is 27.6. The van der Waals surface area contributed by atoms with E-state index in [4.69, 9.17) is 4.98 Å². The average Bonchev–Trinajstić information content (AvgIpc) is 3.63. The van der Waals surface area contributed by atoms with Crippen molar-refractivity contribution in [1.29, 1.82) is 0 Å². The Bertz CT molecular complexity index is 1440. The molecule has 1 aliphatic carbocycles. The summed E-state index contributed by atoms with van der Waals surface area (Å²) in [7, 11) is 4.47. The normalized spacial score (nSPS) is 13.8. The minimum absolute atomic E-state index is 0.0722. The van der Waals surface area contributed by atoms with Crippen LogP contribution in [0.5, 0.6) is 0 Å². The Morgan fingerprint density at radius 1 is 1.23 bits per heavy atom.